The van der Waals surface area contributed by atoms with Gasteiger partial charge in [-0.3, -0.25) is 4.90 Å². The van der Waals surface area contributed by atoms with Crippen molar-refractivity contribution in [1.82, 2.24) is 9.62 Å². The Morgan fingerprint density at radius 2 is 1.68 bits per heavy atom. The highest BCUT2D eigenvalue weighted by Gasteiger charge is 2.17. The maximum Gasteiger partial charge on any atom is 0.213 e. The molecule has 0 aliphatic carbocycles. The summed E-state index contributed by atoms with van der Waals surface area (Å²) in [5.41, 5.74) is 1.22. The Morgan fingerprint density at radius 3 is 2.16 bits per heavy atom. The van der Waals surface area contributed by atoms with Crippen LogP contribution in [0.2, 0.25) is 0 Å². The van der Waals surface area contributed by atoms with Gasteiger partial charge in [0.25, 0.3) is 0 Å². The highest BCUT2D eigenvalue weighted by molar-refractivity contribution is 7.90. The first-order chi connectivity index (χ1) is 11.4. The average Bonchev–Trinajstić information content (AvgIpc) is 2.52. The van der Waals surface area contributed by atoms with Crippen LogP contribution in [0.3, 0.4) is 0 Å². The highest BCUT2D eigenvalue weighted by Crippen LogP contribution is 2.19. The molecule has 0 aliphatic heterocycles. The molecule has 0 radical (unpaired) electrons. The van der Waals surface area contributed by atoms with E-state index in [0.717, 1.165) is 17.9 Å². The van der Waals surface area contributed by atoms with Gasteiger partial charge in [0.15, 0.2) is 0 Å². The number of sulfonamides is 1. The van der Waals surface area contributed by atoms with Crippen LogP contribution in [0.25, 0.3) is 0 Å². The summed E-state index contributed by atoms with van der Waals surface area (Å²) < 4.78 is 32.1. The van der Waals surface area contributed by atoms with Gasteiger partial charge in [0.1, 0.15) is 12.4 Å². The second-order valence-corrected chi connectivity index (χ2v) is 10.2. The molecule has 25 heavy (non-hydrogen) atoms. The van der Waals surface area contributed by atoms with Crippen molar-refractivity contribution in [2.75, 3.05) is 26.7 Å². The number of ether oxygens (including phenoxy) is 1. The summed E-state index contributed by atoms with van der Waals surface area (Å²) in [6, 6.07) is 7.88. The smallest absolute Gasteiger partial charge is 0.213 e. The lowest BCUT2D eigenvalue weighted by Gasteiger charge is -2.31. The molecule has 0 saturated heterocycles. The van der Waals surface area contributed by atoms with Crippen LogP contribution in [0, 0.1) is 0 Å². The topological polar surface area (TPSA) is 58.6 Å². The molecule has 0 aromatic heterocycles. The predicted molar refractivity (Wildman–Crippen MR) is 105 cm³/mol. The molecule has 0 saturated carbocycles. The van der Waals surface area contributed by atoms with Gasteiger partial charge in [-0.15, -0.1) is 0 Å². The van der Waals surface area contributed by atoms with Crippen LogP contribution in [0.1, 0.15) is 53.0 Å². The molecule has 0 bridgehead atoms. The van der Waals surface area contributed by atoms with Crippen LogP contribution >= 0.6 is 0 Å². The van der Waals surface area contributed by atoms with Crippen LogP contribution in [-0.2, 0) is 10.0 Å². The van der Waals surface area contributed by atoms with Crippen molar-refractivity contribution in [3.8, 4) is 5.75 Å². The normalized spacial score (nSPS) is 14.1. The molecule has 144 valence electrons. The fourth-order valence-electron chi connectivity index (χ4n) is 2.05. The number of nitrogens with zero attached hydrogens (tertiary/aromatic N) is 1. The average molecular weight is 371 g/mol. The summed E-state index contributed by atoms with van der Waals surface area (Å²) >= 11 is 0. The second kappa shape index (κ2) is 9.01. The summed E-state index contributed by atoms with van der Waals surface area (Å²) in [6.45, 7) is 13.8. The molecule has 0 heterocycles. The fourth-order valence-corrected chi connectivity index (χ4v) is 2.87. The van der Waals surface area contributed by atoms with E-state index in [-0.39, 0.29) is 11.5 Å². The van der Waals surface area contributed by atoms with E-state index in [9.17, 15) is 8.42 Å². The van der Waals surface area contributed by atoms with Gasteiger partial charge in [-0.05, 0) is 65.3 Å². The van der Waals surface area contributed by atoms with Crippen LogP contribution in [-0.4, -0.2) is 50.9 Å². The SMILES string of the molecule is CC(CNS(=O)(=O)C(C)C)c1ccc(OCCN(C)C(C)(C)C)cc1. The van der Waals surface area contributed by atoms with Crippen molar-refractivity contribution in [1.29, 1.82) is 0 Å². The van der Waals surface area contributed by atoms with Gasteiger partial charge in [-0.1, -0.05) is 19.1 Å². The van der Waals surface area contributed by atoms with Crippen molar-refractivity contribution in [2.24, 2.45) is 0 Å². The molecule has 0 amide bonds. The molecule has 5 nitrogen and oxygen atoms in total. The molecule has 1 rings (SSSR count). The van der Waals surface area contributed by atoms with Crippen molar-refractivity contribution >= 4 is 10.0 Å². The molecule has 6 heteroatoms. The zero-order valence-corrected chi connectivity index (χ0v) is 17.5. The summed E-state index contributed by atoms with van der Waals surface area (Å²) in [6.07, 6.45) is 0. The minimum atomic E-state index is -3.22. The molecule has 0 fully saturated rings. The summed E-state index contributed by atoms with van der Waals surface area (Å²) in [4.78, 5) is 2.25. The van der Waals surface area contributed by atoms with Gasteiger partial charge >= 0.3 is 0 Å². The molecular formula is C19H34N2O3S. The van der Waals surface area contributed by atoms with Crippen molar-refractivity contribution < 1.29 is 13.2 Å². The lowest BCUT2D eigenvalue weighted by atomic mass is 10.0. The molecule has 1 N–H and O–H groups in total. The molecular weight excluding hydrogens is 336 g/mol. The number of hydrogen-bond donors (Lipinski definition) is 1. The van der Waals surface area contributed by atoms with Crippen molar-refractivity contribution in [3.63, 3.8) is 0 Å². The molecule has 1 aromatic carbocycles. The van der Waals surface area contributed by atoms with Gasteiger partial charge in [0.2, 0.25) is 10.0 Å². The minimum Gasteiger partial charge on any atom is -0.492 e. The zero-order chi connectivity index (χ0) is 19.3. The first kappa shape index (κ1) is 21.9. The monoisotopic (exact) mass is 370 g/mol. The first-order valence-electron chi connectivity index (χ1n) is 8.86. The van der Waals surface area contributed by atoms with Gasteiger partial charge in [-0.25, -0.2) is 13.1 Å². The van der Waals surface area contributed by atoms with E-state index in [4.69, 9.17) is 4.74 Å². The van der Waals surface area contributed by atoms with E-state index >= 15 is 0 Å². The Kier molecular flexibility index (Phi) is 7.90. The van der Waals surface area contributed by atoms with E-state index < -0.39 is 15.3 Å². The Labute approximate surface area is 153 Å². The predicted octanol–water partition coefficient (Wildman–Crippen LogP) is 3.23. The number of likely N-dealkylation sites (N-methyl/N-ethyl adjacent to an activating group) is 1. The fraction of sp³-hybridized carbons (Fsp3) is 0.684. The van der Waals surface area contributed by atoms with E-state index in [1.165, 1.54) is 0 Å². The minimum absolute atomic E-state index is 0.106. The Bertz CT molecular complexity index is 619. The summed E-state index contributed by atoms with van der Waals surface area (Å²) in [5, 5.41) is -0.415. The first-order valence-corrected chi connectivity index (χ1v) is 10.4. The van der Waals surface area contributed by atoms with Crippen molar-refractivity contribution in [3.05, 3.63) is 29.8 Å². The van der Waals surface area contributed by atoms with E-state index in [1.54, 1.807) is 13.8 Å². The van der Waals surface area contributed by atoms with Crippen LogP contribution in [0.15, 0.2) is 24.3 Å². The number of nitrogens with one attached hydrogen (secondary N) is 1. The summed E-state index contributed by atoms with van der Waals surface area (Å²) in [7, 11) is -1.13. The lowest BCUT2D eigenvalue weighted by Crippen LogP contribution is -2.40. The molecule has 1 unspecified atom stereocenters. The van der Waals surface area contributed by atoms with Gasteiger partial charge < -0.3 is 4.74 Å². The largest absolute Gasteiger partial charge is 0.492 e. The maximum atomic E-state index is 11.8. The van der Waals surface area contributed by atoms with E-state index in [1.807, 2.05) is 31.2 Å². The summed E-state index contributed by atoms with van der Waals surface area (Å²) in [5.74, 6) is 0.940. The zero-order valence-electron chi connectivity index (χ0n) is 16.7. The highest BCUT2D eigenvalue weighted by atomic mass is 32.2. The molecule has 0 aliphatic rings. The molecule has 0 spiro atoms. The van der Waals surface area contributed by atoms with Crippen molar-refractivity contribution in [2.45, 2.75) is 58.2 Å². The van der Waals surface area contributed by atoms with E-state index in [0.29, 0.717) is 13.2 Å². The second-order valence-electron chi connectivity index (χ2n) is 7.85. The molecule has 1 atom stereocenters. The molecule has 1 aromatic rings. The third-order valence-electron chi connectivity index (χ3n) is 4.50. The van der Waals surface area contributed by atoms with Gasteiger partial charge in [0, 0.05) is 18.6 Å². The number of hydrogen-bond acceptors (Lipinski definition) is 4. The number of benzene rings is 1. The van der Waals surface area contributed by atoms with Crippen LogP contribution in [0.5, 0.6) is 5.75 Å². The Hall–Kier alpha value is -1.11. The van der Waals surface area contributed by atoms with Gasteiger partial charge in [-0.2, -0.15) is 0 Å². The van der Waals surface area contributed by atoms with Crippen LogP contribution in [0.4, 0.5) is 0 Å². The standard InChI is InChI=1S/C19H34N2O3S/c1-15(2)25(22,23)20-14-16(3)17-8-10-18(11-9-17)24-13-12-21(7)19(4,5)6/h8-11,15-16,20H,12-14H2,1-7H3. The third kappa shape index (κ3) is 7.34. The quantitative estimate of drug-likeness (QED) is 0.725. The lowest BCUT2D eigenvalue weighted by molar-refractivity contribution is 0.144. The Balaban J connectivity index is 2.50. The van der Waals surface area contributed by atoms with Gasteiger partial charge in [0.05, 0.1) is 5.25 Å². The third-order valence-corrected chi connectivity index (χ3v) is 6.31. The maximum absolute atomic E-state index is 11.8. The van der Waals surface area contributed by atoms with E-state index in [2.05, 4.69) is 37.4 Å². The van der Waals surface area contributed by atoms with Crippen LogP contribution < -0.4 is 9.46 Å². The number of rotatable bonds is 9. The Morgan fingerprint density at radius 1 is 1.12 bits per heavy atom.